The van der Waals surface area contributed by atoms with Gasteiger partial charge >= 0.3 is 5.97 Å². The lowest BCUT2D eigenvalue weighted by Gasteiger charge is -2.66. The Kier molecular flexibility index (Phi) is 10.5. The van der Waals surface area contributed by atoms with Gasteiger partial charge in [-0.25, -0.2) is 0 Å². The van der Waals surface area contributed by atoms with Crippen LogP contribution >= 0.6 is 11.8 Å². The molecule has 0 aromatic rings. The molecule has 0 radical (unpaired) electrons. The Balaban J connectivity index is 1.94. The molecule has 4 aliphatic rings. The van der Waals surface area contributed by atoms with Crippen molar-refractivity contribution in [2.45, 2.75) is 88.5 Å². The van der Waals surface area contributed by atoms with Gasteiger partial charge in [0.2, 0.25) is 0 Å². The molecule has 0 heterocycles. The zero-order valence-electron chi connectivity index (χ0n) is 25.3. The van der Waals surface area contributed by atoms with E-state index in [-0.39, 0.29) is 53.7 Å². The first-order chi connectivity index (χ1) is 20.6. The molecule has 12 nitrogen and oxygen atoms in total. The molecule has 0 saturated heterocycles. The molecule has 4 rings (SSSR count). The van der Waals surface area contributed by atoms with E-state index in [9.17, 15) is 60.3 Å². The summed E-state index contributed by atoms with van der Waals surface area (Å²) in [6.45, 7) is 0.190. The minimum atomic E-state index is -2.07. The summed E-state index contributed by atoms with van der Waals surface area (Å²) in [5.74, 6) is -2.69. The molecule has 13 heteroatoms. The zero-order chi connectivity index (χ0) is 32.8. The number of aliphatic hydroxyl groups is 8. The third-order valence-corrected chi connectivity index (χ3v) is 13.5. The molecule has 0 aliphatic heterocycles. The van der Waals surface area contributed by atoms with Gasteiger partial charge in [-0.2, -0.15) is 0 Å². The largest absolute Gasteiger partial charge is 0.481 e. The van der Waals surface area contributed by atoms with Gasteiger partial charge in [0.05, 0.1) is 56.6 Å². The number of carbonyl (C=O) groups is 3. The number of hydrogen-bond acceptors (Lipinski definition) is 12. The Hall–Kier alpha value is -1.42. The minimum Gasteiger partial charge on any atom is -0.481 e. The summed E-state index contributed by atoms with van der Waals surface area (Å²) >= 11 is 1.20. The Morgan fingerprint density at radius 1 is 1.00 bits per heavy atom. The molecule has 250 valence electrons. The van der Waals surface area contributed by atoms with Crippen LogP contribution in [0.2, 0.25) is 0 Å². The van der Waals surface area contributed by atoms with E-state index in [2.05, 4.69) is 0 Å². The van der Waals surface area contributed by atoms with Gasteiger partial charge in [0, 0.05) is 40.3 Å². The van der Waals surface area contributed by atoms with Crippen LogP contribution in [0.5, 0.6) is 0 Å². The van der Waals surface area contributed by atoms with E-state index in [0.717, 1.165) is 5.57 Å². The van der Waals surface area contributed by atoms with Crippen molar-refractivity contribution in [2.75, 3.05) is 32.2 Å². The molecule has 0 aromatic heterocycles. The number of hydrogen-bond donors (Lipinski definition) is 9. The summed E-state index contributed by atoms with van der Waals surface area (Å²) in [5, 5.41) is 95.4. The summed E-state index contributed by atoms with van der Waals surface area (Å²) in [4.78, 5) is 38.6. The number of carboxylic acid groups (broad SMARTS) is 1. The number of thioether (sulfide) groups is 1. The van der Waals surface area contributed by atoms with E-state index in [0.29, 0.717) is 19.3 Å². The van der Waals surface area contributed by atoms with Crippen LogP contribution in [-0.2, 0) is 14.4 Å². The van der Waals surface area contributed by atoms with Crippen molar-refractivity contribution < 1.29 is 60.3 Å². The van der Waals surface area contributed by atoms with E-state index in [1.807, 2.05) is 6.92 Å². The third kappa shape index (κ3) is 5.11. The van der Waals surface area contributed by atoms with Crippen LogP contribution in [0.1, 0.15) is 58.8 Å². The molecule has 44 heavy (non-hydrogen) atoms. The highest BCUT2D eigenvalue weighted by molar-refractivity contribution is 8.00. The molecule has 4 aliphatic carbocycles. The predicted octanol–water partition coefficient (Wildman–Crippen LogP) is -0.731. The maximum atomic E-state index is 14.5. The summed E-state index contributed by atoms with van der Waals surface area (Å²) in [5.41, 5.74) is -5.01. The number of rotatable bonds is 13. The maximum absolute atomic E-state index is 14.5. The lowest BCUT2D eigenvalue weighted by atomic mass is 9.39. The Labute approximate surface area is 261 Å². The van der Waals surface area contributed by atoms with Crippen molar-refractivity contribution in [2.24, 2.45) is 39.4 Å². The van der Waals surface area contributed by atoms with E-state index in [1.165, 1.54) is 11.8 Å². The second-order valence-electron chi connectivity index (χ2n) is 13.9. The lowest BCUT2D eigenvalue weighted by molar-refractivity contribution is -0.266. The number of carboxylic acids is 1. The SMILES string of the molecule is C[C@]12CCC(=O)C=C1C(SCC(=O)O)C[C@@H]1[C@@H]2C(=O)C[C@@]2(C)[C@H]1CC[C@]2(C(O)CO)C(CC(O)CO)(C(O)CO)C(O)CO. The number of aliphatic carboxylic acids is 1. The van der Waals surface area contributed by atoms with Crippen LogP contribution in [0.15, 0.2) is 11.6 Å². The molecule has 11 atom stereocenters. The quantitative estimate of drug-likeness (QED) is 0.120. The molecule has 5 unspecified atom stereocenters. The highest BCUT2D eigenvalue weighted by Gasteiger charge is 2.76. The van der Waals surface area contributed by atoms with Crippen LogP contribution in [0.3, 0.4) is 0 Å². The van der Waals surface area contributed by atoms with Gasteiger partial charge in [0.15, 0.2) is 5.78 Å². The summed E-state index contributed by atoms with van der Waals surface area (Å²) in [7, 11) is 0. The standard InChI is InChI=1S/C31H48O12S/c1-28-5-3-16(36)7-20(28)22(44-15-26(42)43)8-18-19-4-6-31(25(41)14-35,29(19,2)10-21(38)27(18)28)30(23(39)12-33,24(40)13-34)9-17(37)11-32/h7,17-19,22-25,27,32-35,37,39-41H,3-6,8-15H2,1-2H3,(H,42,43)/t17?,18-,19-,22?,23?,24?,25?,27+,28-,29-,30?,31+/m0/s1. The van der Waals surface area contributed by atoms with Crippen molar-refractivity contribution in [1.29, 1.82) is 0 Å². The van der Waals surface area contributed by atoms with Gasteiger partial charge in [-0.3, -0.25) is 14.4 Å². The van der Waals surface area contributed by atoms with Crippen LogP contribution in [0, 0.1) is 39.4 Å². The molecule has 3 fully saturated rings. The van der Waals surface area contributed by atoms with Gasteiger partial charge in [0.25, 0.3) is 0 Å². The molecule has 0 amide bonds. The lowest BCUT2D eigenvalue weighted by Crippen LogP contribution is -2.71. The van der Waals surface area contributed by atoms with Crippen LogP contribution in [0.4, 0.5) is 0 Å². The molecule has 0 aromatic carbocycles. The number of fused-ring (bicyclic) bond motifs is 5. The summed E-state index contributed by atoms with van der Waals surface area (Å²) in [6.07, 6.45) is -4.58. The smallest absolute Gasteiger partial charge is 0.313 e. The predicted molar refractivity (Wildman–Crippen MR) is 158 cm³/mol. The van der Waals surface area contributed by atoms with Crippen molar-refractivity contribution in [1.82, 2.24) is 0 Å². The average Bonchev–Trinajstić information content (AvgIpc) is 3.30. The van der Waals surface area contributed by atoms with Gasteiger partial charge < -0.3 is 46.0 Å². The van der Waals surface area contributed by atoms with E-state index in [4.69, 9.17) is 0 Å². The Morgan fingerprint density at radius 3 is 2.18 bits per heavy atom. The zero-order valence-corrected chi connectivity index (χ0v) is 26.2. The number of carbonyl (C=O) groups excluding carboxylic acids is 2. The fraction of sp³-hybridized carbons (Fsp3) is 0.839. The van der Waals surface area contributed by atoms with Crippen LogP contribution in [-0.4, -0.2) is 125 Å². The second-order valence-corrected chi connectivity index (χ2v) is 15.1. The first-order valence-electron chi connectivity index (χ1n) is 15.4. The Morgan fingerprint density at radius 2 is 1.64 bits per heavy atom. The number of aliphatic hydroxyl groups excluding tert-OH is 8. The molecular formula is C31H48O12S. The fourth-order valence-electron chi connectivity index (χ4n) is 10.6. The number of Topliss-reactive ketones (excluding diaryl/α,β-unsaturated/α-hetero) is 1. The average molecular weight is 645 g/mol. The van der Waals surface area contributed by atoms with Crippen molar-refractivity contribution in [3.8, 4) is 0 Å². The monoisotopic (exact) mass is 644 g/mol. The van der Waals surface area contributed by atoms with Crippen molar-refractivity contribution >= 4 is 29.3 Å². The van der Waals surface area contributed by atoms with E-state index in [1.54, 1.807) is 13.0 Å². The van der Waals surface area contributed by atoms with E-state index < -0.39 is 90.8 Å². The first kappa shape index (κ1) is 35.4. The highest BCUT2D eigenvalue weighted by atomic mass is 32.2. The third-order valence-electron chi connectivity index (χ3n) is 12.2. The highest BCUT2D eigenvalue weighted by Crippen LogP contribution is 2.75. The second kappa shape index (κ2) is 13.0. The van der Waals surface area contributed by atoms with Gasteiger partial charge in [-0.1, -0.05) is 13.8 Å². The fourth-order valence-corrected chi connectivity index (χ4v) is 11.8. The van der Waals surface area contributed by atoms with E-state index >= 15 is 0 Å². The van der Waals surface area contributed by atoms with Gasteiger partial charge in [-0.05, 0) is 61.0 Å². The summed E-state index contributed by atoms with van der Waals surface area (Å²) < 4.78 is 0. The van der Waals surface area contributed by atoms with Crippen LogP contribution < -0.4 is 0 Å². The molecule has 9 N–H and O–H groups in total. The topological polar surface area (TPSA) is 233 Å². The molecule has 3 saturated carbocycles. The van der Waals surface area contributed by atoms with Gasteiger partial charge in [-0.15, -0.1) is 11.8 Å². The Bertz CT molecular complexity index is 1130. The van der Waals surface area contributed by atoms with Crippen LogP contribution in [0.25, 0.3) is 0 Å². The summed E-state index contributed by atoms with van der Waals surface area (Å²) in [6, 6.07) is 0. The molecular weight excluding hydrogens is 596 g/mol. The molecule has 0 bridgehead atoms. The van der Waals surface area contributed by atoms with Crippen molar-refractivity contribution in [3.63, 3.8) is 0 Å². The first-order valence-corrected chi connectivity index (χ1v) is 16.5. The molecule has 0 spiro atoms. The number of ketones is 2. The maximum Gasteiger partial charge on any atom is 0.313 e. The van der Waals surface area contributed by atoms with Gasteiger partial charge in [0.1, 0.15) is 5.78 Å². The normalized spacial score (nSPS) is 39.3. The minimum absolute atomic E-state index is 0.0451. The van der Waals surface area contributed by atoms with Crippen molar-refractivity contribution in [3.05, 3.63) is 11.6 Å².